The third kappa shape index (κ3) is 3.20. The first-order valence-electron chi connectivity index (χ1n) is 6.44. The summed E-state index contributed by atoms with van der Waals surface area (Å²) in [6.07, 6.45) is 4.34. The van der Waals surface area contributed by atoms with Crippen LogP contribution in [0.15, 0.2) is 0 Å². The average molecular weight is 242 g/mol. The van der Waals surface area contributed by atoms with Crippen LogP contribution in [0.25, 0.3) is 0 Å². The quantitative estimate of drug-likeness (QED) is 0.743. The second kappa shape index (κ2) is 6.03. The van der Waals surface area contributed by atoms with Gasteiger partial charge in [-0.25, -0.2) is 0 Å². The van der Waals surface area contributed by atoms with Crippen molar-refractivity contribution in [3.8, 4) is 0 Å². The zero-order valence-corrected chi connectivity index (χ0v) is 10.6. The second-order valence-corrected chi connectivity index (χ2v) is 5.18. The van der Waals surface area contributed by atoms with Crippen LogP contribution >= 0.6 is 0 Å². The lowest BCUT2D eigenvalue weighted by atomic mass is 9.75. The Morgan fingerprint density at radius 2 is 1.71 bits per heavy atom. The Morgan fingerprint density at radius 1 is 1.12 bits per heavy atom. The van der Waals surface area contributed by atoms with Crippen molar-refractivity contribution in [3.05, 3.63) is 0 Å². The summed E-state index contributed by atoms with van der Waals surface area (Å²) in [5.74, 6) is -3.37. The van der Waals surface area contributed by atoms with Crippen LogP contribution in [-0.2, 0) is 9.59 Å². The molecule has 4 heteroatoms. The van der Waals surface area contributed by atoms with Crippen molar-refractivity contribution in [3.63, 3.8) is 0 Å². The Balaban J connectivity index is 3.00. The predicted octanol–water partition coefficient (Wildman–Crippen LogP) is 2.62. The van der Waals surface area contributed by atoms with Crippen molar-refractivity contribution >= 4 is 11.9 Å². The number of carboxylic acids is 2. The molecular formula is C13H22O4. The van der Waals surface area contributed by atoms with Gasteiger partial charge in [-0.1, -0.05) is 26.7 Å². The average Bonchev–Trinajstić information content (AvgIpc) is 2.38. The van der Waals surface area contributed by atoms with Gasteiger partial charge < -0.3 is 10.2 Å². The van der Waals surface area contributed by atoms with E-state index in [1.165, 1.54) is 0 Å². The van der Waals surface area contributed by atoms with Crippen molar-refractivity contribution < 1.29 is 19.8 Å². The normalized spacial score (nSPS) is 34.0. The van der Waals surface area contributed by atoms with E-state index in [0.29, 0.717) is 0 Å². The molecule has 0 heterocycles. The minimum Gasteiger partial charge on any atom is -0.481 e. The number of hydrogen-bond acceptors (Lipinski definition) is 2. The molecule has 0 aliphatic heterocycles. The molecule has 1 rings (SSSR count). The smallest absolute Gasteiger partial charge is 0.307 e. The zero-order chi connectivity index (χ0) is 13.0. The van der Waals surface area contributed by atoms with E-state index >= 15 is 0 Å². The first-order valence-corrected chi connectivity index (χ1v) is 6.44. The Bertz CT molecular complexity index is 287. The van der Waals surface area contributed by atoms with Crippen LogP contribution in [-0.4, -0.2) is 22.2 Å². The van der Waals surface area contributed by atoms with Gasteiger partial charge in [0.15, 0.2) is 0 Å². The molecule has 4 unspecified atom stereocenters. The maximum atomic E-state index is 11.4. The highest BCUT2D eigenvalue weighted by atomic mass is 16.4. The summed E-state index contributed by atoms with van der Waals surface area (Å²) >= 11 is 0. The van der Waals surface area contributed by atoms with Crippen molar-refractivity contribution in [1.82, 2.24) is 0 Å². The highest BCUT2D eigenvalue weighted by Crippen LogP contribution is 2.39. The first kappa shape index (κ1) is 14.0. The van der Waals surface area contributed by atoms with Crippen molar-refractivity contribution in [2.24, 2.45) is 23.7 Å². The van der Waals surface area contributed by atoms with E-state index in [1.807, 2.05) is 13.8 Å². The SMILES string of the molecule is CCCC1CCCC(C)C(C(=O)O)C1C(=O)O. The summed E-state index contributed by atoms with van der Waals surface area (Å²) in [5, 5.41) is 18.6. The van der Waals surface area contributed by atoms with Crippen LogP contribution in [0.2, 0.25) is 0 Å². The minimum absolute atomic E-state index is 0.0172. The summed E-state index contributed by atoms with van der Waals surface area (Å²) in [7, 11) is 0. The number of carboxylic acid groups (broad SMARTS) is 2. The summed E-state index contributed by atoms with van der Waals surface area (Å²) in [4.78, 5) is 22.7. The van der Waals surface area contributed by atoms with Crippen LogP contribution in [0.5, 0.6) is 0 Å². The summed E-state index contributed by atoms with van der Waals surface area (Å²) in [5.41, 5.74) is 0. The standard InChI is InChI=1S/C13H22O4/c1-3-5-9-7-4-6-8(2)10(12(14)15)11(9)13(16)17/h8-11H,3-7H2,1-2H3,(H,14,15)(H,16,17). The Hall–Kier alpha value is -1.06. The molecule has 17 heavy (non-hydrogen) atoms. The van der Waals surface area contributed by atoms with Crippen molar-refractivity contribution in [2.45, 2.75) is 46.0 Å². The fraction of sp³-hybridized carbons (Fsp3) is 0.846. The maximum Gasteiger partial charge on any atom is 0.307 e. The van der Waals surface area contributed by atoms with Gasteiger partial charge in [-0.15, -0.1) is 0 Å². The van der Waals surface area contributed by atoms with Crippen LogP contribution in [0.4, 0.5) is 0 Å². The molecule has 0 aromatic heterocycles. The molecule has 1 saturated carbocycles. The van der Waals surface area contributed by atoms with E-state index in [4.69, 9.17) is 0 Å². The molecule has 0 saturated heterocycles. The molecule has 0 amide bonds. The van der Waals surface area contributed by atoms with Gasteiger partial charge in [0, 0.05) is 0 Å². The molecule has 0 bridgehead atoms. The van der Waals surface area contributed by atoms with Crippen molar-refractivity contribution in [2.75, 3.05) is 0 Å². The zero-order valence-electron chi connectivity index (χ0n) is 10.6. The molecule has 0 aromatic rings. The van der Waals surface area contributed by atoms with Gasteiger partial charge in [-0.05, 0) is 31.1 Å². The Kier molecular flexibility index (Phi) is 4.97. The summed E-state index contributed by atoms with van der Waals surface area (Å²) in [6, 6.07) is 0. The van der Waals surface area contributed by atoms with E-state index in [0.717, 1.165) is 32.1 Å². The molecule has 4 nitrogen and oxygen atoms in total. The summed E-state index contributed by atoms with van der Waals surface area (Å²) in [6.45, 7) is 3.88. The molecule has 1 aliphatic rings. The molecule has 0 spiro atoms. The van der Waals surface area contributed by atoms with Crippen LogP contribution in [0.3, 0.4) is 0 Å². The number of carbonyl (C=O) groups is 2. The Labute approximate surface area is 102 Å². The fourth-order valence-electron chi connectivity index (χ4n) is 3.16. The molecule has 1 fully saturated rings. The molecular weight excluding hydrogens is 220 g/mol. The highest BCUT2D eigenvalue weighted by molar-refractivity contribution is 5.80. The van der Waals surface area contributed by atoms with Crippen molar-refractivity contribution in [1.29, 1.82) is 0 Å². The van der Waals surface area contributed by atoms with Gasteiger partial charge in [0.05, 0.1) is 11.8 Å². The van der Waals surface area contributed by atoms with E-state index in [1.54, 1.807) is 0 Å². The van der Waals surface area contributed by atoms with Crippen LogP contribution in [0.1, 0.15) is 46.0 Å². The lowest BCUT2D eigenvalue weighted by Gasteiger charge is -2.28. The first-order chi connectivity index (χ1) is 7.99. The topological polar surface area (TPSA) is 74.6 Å². The molecule has 1 aliphatic carbocycles. The molecule has 4 atom stereocenters. The minimum atomic E-state index is -0.951. The lowest BCUT2D eigenvalue weighted by molar-refractivity contribution is -0.158. The molecule has 0 aromatic carbocycles. The van der Waals surface area contributed by atoms with Crippen LogP contribution in [0, 0.1) is 23.7 Å². The molecule has 98 valence electrons. The fourth-order valence-corrected chi connectivity index (χ4v) is 3.16. The maximum absolute atomic E-state index is 11.4. The van der Waals surface area contributed by atoms with Gasteiger partial charge >= 0.3 is 11.9 Å². The summed E-state index contributed by atoms with van der Waals surface area (Å²) < 4.78 is 0. The lowest BCUT2D eigenvalue weighted by Crippen LogP contribution is -2.37. The number of rotatable bonds is 4. The Morgan fingerprint density at radius 3 is 2.18 bits per heavy atom. The van der Waals surface area contributed by atoms with E-state index in [2.05, 4.69) is 0 Å². The van der Waals surface area contributed by atoms with Gasteiger partial charge in [-0.3, -0.25) is 9.59 Å². The van der Waals surface area contributed by atoms with E-state index in [9.17, 15) is 19.8 Å². The van der Waals surface area contributed by atoms with E-state index in [-0.39, 0.29) is 11.8 Å². The monoisotopic (exact) mass is 242 g/mol. The van der Waals surface area contributed by atoms with Gasteiger partial charge in [0.25, 0.3) is 0 Å². The van der Waals surface area contributed by atoms with E-state index < -0.39 is 23.8 Å². The van der Waals surface area contributed by atoms with Gasteiger partial charge in [-0.2, -0.15) is 0 Å². The second-order valence-electron chi connectivity index (χ2n) is 5.18. The molecule has 2 N–H and O–H groups in total. The number of aliphatic carboxylic acids is 2. The highest BCUT2D eigenvalue weighted by Gasteiger charge is 2.43. The predicted molar refractivity (Wildman–Crippen MR) is 63.7 cm³/mol. The van der Waals surface area contributed by atoms with Crippen LogP contribution < -0.4 is 0 Å². The third-order valence-electron chi connectivity index (χ3n) is 3.97. The van der Waals surface area contributed by atoms with Gasteiger partial charge in [0.2, 0.25) is 0 Å². The largest absolute Gasteiger partial charge is 0.481 e. The molecule has 0 radical (unpaired) electrons. The van der Waals surface area contributed by atoms with Gasteiger partial charge in [0.1, 0.15) is 0 Å². The third-order valence-corrected chi connectivity index (χ3v) is 3.97. The number of hydrogen-bond donors (Lipinski definition) is 2.